The number of aromatic nitrogens is 1. The van der Waals surface area contributed by atoms with Gasteiger partial charge in [0.2, 0.25) is 10.0 Å². The second-order valence-electron chi connectivity index (χ2n) is 3.67. The number of amides is 1. The summed E-state index contributed by atoms with van der Waals surface area (Å²) in [7, 11) is -3.56. The summed E-state index contributed by atoms with van der Waals surface area (Å²) in [5.41, 5.74) is 0.0589. The molecule has 1 aliphatic rings. The number of rotatable bonds is 3. The molecule has 0 atom stereocenters. The molecule has 0 radical (unpaired) electrons. The van der Waals surface area contributed by atoms with Gasteiger partial charge in [0.15, 0.2) is 0 Å². The number of nitrogens with zero attached hydrogens (tertiary/aromatic N) is 1. The lowest BCUT2D eigenvalue weighted by atomic mass is 10.3. The zero-order valence-electron chi connectivity index (χ0n) is 8.48. The minimum atomic E-state index is -3.56. The molecule has 0 saturated heterocycles. The third-order valence-electron chi connectivity index (χ3n) is 2.26. The Bertz CT molecular complexity index is 570. The summed E-state index contributed by atoms with van der Waals surface area (Å²) in [5.74, 6) is -0.747. The van der Waals surface area contributed by atoms with E-state index in [1.54, 1.807) is 0 Å². The summed E-state index contributed by atoms with van der Waals surface area (Å²) in [5, 5.41) is -0.293. The van der Waals surface area contributed by atoms with Crippen molar-refractivity contribution in [3.63, 3.8) is 0 Å². The third kappa shape index (κ3) is 2.88. The van der Waals surface area contributed by atoms with Gasteiger partial charge in [0.1, 0.15) is 5.15 Å². The van der Waals surface area contributed by atoms with E-state index in [4.69, 9.17) is 23.2 Å². The van der Waals surface area contributed by atoms with Crippen LogP contribution in [-0.4, -0.2) is 24.6 Å². The summed E-state index contributed by atoms with van der Waals surface area (Å²) < 4.78 is 25.0. The Morgan fingerprint density at radius 1 is 1.41 bits per heavy atom. The highest BCUT2D eigenvalue weighted by Gasteiger charge is 2.37. The highest BCUT2D eigenvalue weighted by Crippen LogP contribution is 2.27. The first-order valence-electron chi connectivity index (χ1n) is 4.77. The van der Waals surface area contributed by atoms with Crippen LogP contribution in [0.15, 0.2) is 12.3 Å². The molecule has 1 N–H and O–H groups in total. The van der Waals surface area contributed by atoms with Gasteiger partial charge in [-0.05, 0) is 18.9 Å². The number of hydrogen-bond acceptors (Lipinski definition) is 4. The van der Waals surface area contributed by atoms with Crippen LogP contribution in [0.2, 0.25) is 10.2 Å². The van der Waals surface area contributed by atoms with Crippen molar-refractivity contribution in [2.75, 3.05) is 0 Å². The van der Waals surface area contributed by atoms with Gasteiger partial charge in [-0.1, -0.05) is 23.2 Å². The quantitative estimate of drug-likeness (QED) is 0.860. The normalized spacial score (nSPS) is 15.6. The van der Waals surface area contributed by atoms with Crippen molar-refractivity contribution in [1.82, 2.24) is 9.71 Å². The second kappa shape index (κ2) is 4.44. The maximum atomic E-state index is 11.6. The van der Waals surface area contributed by atoms with Crippen LogP contribution in [-0.2, 0) is 10.0 Å². The van der Waals surface area contributed by atoms with Crippen molar-refractivity contribution >= 4 is 39.1 Å². The Morgan fingerprint density at radius 3 is 2.59 bits per heavy atom. The molecule has 5 nitrogen and oxygen atoms in total. The molecule has 0 spiro atoms. The van der Waals surface area contributed by atoms with Gasteiger partial charge in [-0.25, -0.2) is 18.1 Å². The molecule has 1 saturated carbocycles. The van der Waals surface area contributed by atoms with E-state index in [1.165, 1.54) is 12.3 Å². The van der Waals surface area contributed by atoms with E-state index >= 15 is 0 Å². The van der Waals surface area contributed by atoms with Gasteiger partial charge in [0, 0.05) is 6.20 Å². The molecule has 0 aliphatic heterocycles. The average molecular weight is 295 g/mol. The Morgan fingerprint density at radius 2 is 2.06 bits per heavy atom. The minimum Gasteiger partial charge on any atom is -0.268 e. The van der Waals surface area contributed by atoms with E-state index in [0.29, 0.717) is 12.8 Å². The number of carbonyl (C=O) groups excluding carboxylic acids is 1. The van der Waals surface area contributed by atoms with Crippen molar-refractivity contribution in [3.05, 3.63) is 28.0 Å². The van der Waals surface area contributed by atoms with E-state index in [2.05, 4.69) is 4.98 Å². The van der Waals surface area contributed by atoms with Crippen LogP contribution in [0.1, 0.15) is 23.2 Å². The molecule has 1 aliphatic carbocycles. The number of carbonyl (C=O) groups is 1. The number of hydrogen-bond donors (Lipinski definition) is 1. The fourth-order valence-electron chi connectivity index (χ4n) is 1.20. The number of halogens is 2. The maximum Gasteiger partial charge on any atom is 0.266 e. The van der Waals surface area contributed by atoms with Gasteiger partial charge in [0.25, 0.3) is 5.91 Å². The summed E-state index contributed by atoms with van der Waals surface area (Å²) in [6, 6.07) is 1.27. The first kappa shape index (κ1) is 12.6. The molecule has 0 bridgehead atoms. The Kier molecular flexibility index (Phi) is 3.29. The standard InChI is InChI=1S/C9H8Cl2N2O3S/c10-7-3-5(4-12-8(7)11)9(14)13-17(15,16)6-1-2-6/h3-4,6H,1-2H2,(H,13,14). The van der Waals surface area contributed by atoms with Crippen molar-refractivity contribution in [2.45, 2.75) is 18.1 Å². The predicted molar refractivity (Wildman–Crippen MR) is 63.7 cm³/mol. The molecule has 8 heteroatoms. The Balaban J connectivity index is 2.17. The van der Waals surface area contributed by atoms with E-state index in [1.807, 2.05) is 4.72 Å². The lowest BCUT2D eigenvalue weighted by Crippen LogP contribution is -2.33. The molecule has 0 unspecified atom stereocenters. The molecule has 2 rings (SSSR count). The third-order valence-corrected chi connectivity index (χ3v) is 4.76. The molecule has 1 aromatic rings. The number of nitrogens with one attached hydrogen (secondary N) is 1. The highest BCUT2D eigenvalue weighted by atomic mass is 35.5. The summed E-state index contributed by atoms with van der Waals surface area (Å²) in [6.07, 6.45) is 2.34. The van der Waals surface area contributed by atoms with Crippen LogP contribution in [0, 0.1) is 0 Å². The number of pyridine rings is 1. The van der Waals surface area contributed by atoms with Gasteiger partial charge in [-0.2, -0.15) is 0 Å². The fraction of sp³-hybridized carbons (Fsp3) is 0.333. The van der Waals surface area contributed by atoms with E-state index in [0.717, 1.165) is 0 Å². The SMILES string of the molecule is O=C(NS(=O)(=O)C1CC1)c1cnc(Cl)c(Cl)c1. The molecule has 0 aromatic carbocycles. The largest absolute Gasteiger partial charge is 0.268 e. The molecular formula is C9H8Cl2N2O3S. The van der Waals surface area contributed by atoms with Crippen LogP contribution in [0.3, 0.4) is 0 Å². The van der Waals surface area contributed by atoms with Crippen molar-refractivity contribution in [2.24, 2.45) is 0 Å². The summed E-state index contributed by atoms with van der Waals surface area (Å²) in [4.78, 5) is 15.3. The van der Waals surface area contributed by atoms with Crippen LogP contribution in [0.25, 0.3) is 0 Å². The molecule has 1 amide bonds. The lowest BCUT2D eigenvalue weighted by Gasteiger charge is -2.05. The Hall–Kier alpha value is -0.850. The Labute approximate surface area is 108 Å². The maximum absolute atomic E-state index is 11.6. The molecule has 17 heavy (non-hydrogen) atoms. The van der Waals surface area contributed by atoms with Crippen LogP contribution < -0.4 is 4.72 Å². The molecule has 1 fully saturated rings. The van der Waals surface area contributed by atoms with Gasteiger partial charge < -0.3 is 0 Å². The molecule has 1 aromatic heterocycles. The van der Waals surface area contributed by atoms with Gasteiger partial charge >= 0.3 is 0 Å². The van der Waals surface area contributed by atoms with Crippen molar-refractivity contribution < 1.29 is 13.2 Å². The van der Waals surface area contributed by atoms with Gasteiger partial charge in [-0.3, -0.25) is 4.79 Å². The van der Waals surface area contributed by atoms with Crippen LogP contribution >= 0.6 is 23.2 Å². The lowest BCUT2D eigenvalue weighted by molar-refractivity contribution is 0.0981. The highest BCUT2D eigenvalue weighted by molar-refractivity contribution is 7.91. The smallest absolute Gasteiger partial charge is 0.266 e. The number of sulfonamides is 1. The molecule has 92 valence electrons. The van der Waals surface area contributed by atoms with E-state index in [9.17, 15) is 13.2 Å². The van der Waals surface area contributed by atoms with Crippen LogP contribution in [0.4, 0.5) is 0 Å². The zero-order chi connectivity index (χ0) is 12.6. The second-order valence-corrected chi connectivity index (χ2v) is 6.40. The van der Waals surface area contributed by atoms with Crippen molar-refractivity contribution in [3.8, 4) is 0 Å². The molecular weight excluding hydrogens is 287 g/mol. The van der Waals surface area contributed by atoms with Gasteiger partial charge in [0.05, 0.1) is 15.8 Å². The minimum absolute atomic E-state index is 0.0589. The van der Waals surface area contributed by atoms with Crippen molar-refractivity contribution in [1.29, 1.82) is 0 Å². The predicted octanol–water partition coefficient (Wildman–Crippen LogP) is 1.61. The van der Waals surface area contributed by atoms with Crippen LogP contribution in [0.5, 0.6) is 0 Å². The van der Waals surface area contributed by atoms with E-state index < -0.39 is 21.2 Å². The monoisotopic (exact) mass is 294 g/mol. The summed E-state index contributed by atoms with van der Waals surface area (Å²) >= 11 is 11.3. The van der Waals surface area contributed by atoms with Gasteiger partial charge in [-0.15, -0.1) is 0 Å². The summed E-state index contributed by atoms with van der Waals surface area (Å²) in [6.45, 7) is 0. The average Bonchev–Trinajstić information content (AvgIpc) is 3.04. The molecule has 1 heterocycles. The zero-order valence-corrected chi connectivity index (χ0v) is 10.8. The van der Waals surface area contributed by atoms with E-state index in [-0.39, 0.29) is 15.7 Å². The topological polar surface area (TPSA) is 76.1 Å². The first-order chi connectivity index (χ1) is 7.90. The first-order valence-corrected chi connectivity index (χ1v) is 7.07. The fourth-order valence-corrected chi connectivity index (χ4v) is 2.76.